The Labute approximate surface area is 109 Å². The summed E-state index contributed by atoms with van der Waals surface area (Å²) in [5, 5.41) is 2.71. The molecule has 1 atom stereocenters. The van der Waals surface area contributed by atoms with Crippen molar-refractivity contribution in [1.29, 1.82) is 0 Å². The van der Waals surface area contributed by atoms with Crippen molar-refractivity contribution in [1.82, 2.24) is 5.32 Å². The second kappa shape index (κ2) is 6.84. The monoisotopic (exact) mass is 247 g/mol. The van der Waals surface area contributed by atoms with Crippen LogP contribution in [-0.2, 0) is 4.79 Å². The normalized spacial score (nSPS) is 12.0. The topological polar surface area (TPSA) is 38.3 Å². The Morgan fingerprint density at radius 3 is 2.78 bits per heavy atom. The molecule has 0 saturated carbocycles. The van der Waals surface area contributed by atoms with Crippen molar-refractivity contribution in [2.24, 2.45) is 0 Å². The molecular weight excluding hydrogens is 226 g/mol. The summed E-state index contributed by atoms with van der Waals surface area (Å²) in [4.78, 5) is 11.6. The lowest BCUT2D eigenvalue weighted by Crippen LogP contribution is -2.36. The van der Waals surface area contributed by atoms with E-state index in [1.165, 1.54) is 5.56 Å². The minimum atomic E-state index is -0.507. The highest BCUT2D eigenvalue weighted by molar-refractivity contribution is 5.80. The zero-order valence-electron chi connectivity index (χ0n) is 11.3. The molecule has 98 valence electrons. The van der Waals surface area contributed by atoms with E-state index >= 15 is 0 Å². The third-order valence-corrected chi connectivity index (χ3v) is 2.63. The van der Waals surface area contributed by atoms with Crippen LogP contribution < -0.4 is 10.1 Å². The fraction of sp³-hybridized carbons (Fsp3) is 0.400. The minimum Gasteiger partial charge on any atom is -0.481 e. The standard InChI is InChI=1S/C15H21NO2/c1-5-9-16-15(17)12(4)18-14-8-6-7-13(10-14)11(2)3/h5-8,10-12H,1,9H2,2-4H3,(H,16,17). The van der Waals surface area contributed by atoms with Crippen LogP contribution in [0.5, 0.6) is 5.75 Å². The molecule has 1 N–H and O–H groups in total. The van der Waals surface area contributed by atoms with E-state index in [2.05, 4.69) is 31.8 Å². The van der Waals surface area contributed by atoms with E-state index in [4.69, 9.17) is 4.74 Å². The van der Waals surface area contributed by atoms with Crippen LogP contribution in [0.25, 0.3) is 0 Å². The average molecular weight is 247 g/mol. The van der Waals surface area contributed by atoms with Gasteiger partial charge in [0.1, 0.15) is 5.75 Å². The van der Waals surface area contributed by atoms with Crippen molar-refractivity contribution in [3.8, 4) is 5.75 Å². The smallest absolute Gasteiger partial charge is 0.261 e. The fourth-order valence-electron chi connectivity index (χ4n) is 1.52. The van der Waals surface area contributed by atoms with Crippen molar-refractivity contribution in [3.05, 3.63) is 42.5 Å². The molecule has 0 radical (unpaired) electrons. The quantitative estimate of drug-likeness (QED) is 0.785. The van der Waals surface area contributed by atoms with Gasteiger partial charge in [0.05, 0.1) is 0 Å². The number of hydrogen-bond donors (Lipinski definition) is 1. The number of hydrogen-bond acceptors (Lipinski definition) is 2. The Morgan fingerprint density at radius 1 is 1.44 bits per heavy atom. The van der Waals surface area contributed by atoms with Crippen LogP contribution in [0.1, 0.15) is 32.3 Å². The number of rotatable bonds is 6. The molecule has 0 aromatic heterocycles. The number of ether oxygens (including phenoxy) is 1. The van der Waals surface area contributed by atoms with Gasteiger partial charge in [-0.05, 0) is 30.5 Å². The Kier molecular flexibility index (Phi) is 5.43. The number of nitrogens with one attached hydrogen (secondary N) is 1. The minimum absolute atomic E-state index is 0.134. The summed E-state index contributed by atoms with van der Waals surface area (Å²) in [5.41, 5.74) is 1.20. The third kappa shape index (κ3) is 4.24. The maximum atomic E-state index is 11.6. The summed E-state index contributed by atoms with van der Waals surface area (Å²) in [6.07, 6.45) is 1.14. The molecule has 0 spiro atoms. The van der Waals surface area contributed by atoms with E-state index in [1.807, 2.05) is 18.2 Å². The summed E-state index contributed by atoms with van der Waals surface area (Å²) in [6, 6.07) is 7.84. The third-order valence-electron chi connectivity index (χ3n) is 2.63. The molecule has 1 amide bonds. The zero-order chi connectivity index (χ0) is 13.5. The number of carbonyl (C=O) groups excluding carboxylic acids is 1. The van der Waals surface area contributed by atoms with Gasteiger partial charge in [-0.25, -0.2) is 0 Å². The van der Waals surface area contributed by atoms with Crippen molar-refractivity contribution in [2.45, 2.75) is 32.8 Å². The van der Waals surface area contributed by atoms with Crippen LogP contribution in [0.15, 0.2) is 36.9 Å². The van der Waals surface area contributed by atoms with Gasteiger partial charge in [0, 0.05) is 6.54 Å². The van der Waals surface area contributed by atoms with E-state index in [9.17, 15) is 4.79 Å². The van der Waals surface area contributed by atoms with E-state index in [1.54, 1.807) is 13.0 Å². The average Bonchev–Trinajstić information content (AvgIpc) is 2.36. The predicted molar refractivity (Wildman–Crippen MR) is 73.8 cm³/mol. The molecule has 1 aromatic carbocycles. The highest BCUT2D eigenvalue weighted by Gasteiger charge is 2.13. The molecule has 18 heavy (non-hydrogen) atoms. The zero-order valence-corrected chi connectivity index (χ0v) is 11.3. The van der Waals surface area contributed by atoms with Crippen LogP contribution in [0.3, 0.4) is 0 Å². The molecule has 3 heteroatoms. The molecule has 0 heterocycles. The van der Waals surface area contributed by atoms with Crippen molar-refractivity contribution in [2.75, 3.05) is 6.54 Å². The van der Waals surface area contributed by atoms with Crippen LogP contribution in [0, 0.1) is 0 Å². The second-order valence-corrected chi connectivity index (χ2v) is 4.52. The lowest BCUT2D eigenvalue weighted by molar-refractivity contribution is -0.127. The molecule has 1 rings (SSSR count). The predicted octanol–water partition coefficient (Wildman–Crippen LogP) is 2.88. The summed E-state index contributed by atoms with van der Waals surface area (Å²) < 4.78 is 5.62. The van der Waals surface area contributed by atoms with Crippen molar-refractivity contribution < 1.29 is 9.53 Å². The largest absolute Gasteiger partial charge is 0.481 e. The van der Waals surface area contributed by atoms with E-state index in [-0.39, 0.29) is 5.91 Å². The van der Waals surface area contributed by atoms with Gasteiger partial charge in [0.25, 0.3) is 5.91 Å². The highest BCUT2D eigenvalue weighted by atomic mass is 16.5. The Balaban J connectivity index is 2.63. The van der Waals surface area contributed by atoms with Crippen molar-refractivity contribution >= 4 is 5.91 Å². The van der Waals surface area contributed by atoms with Crippen LogP contribution in [0.2, 0.25) is 0 Å². The van der Waals surface area contributed by atoms with Gasteiger partial charge < -0.3 is 10.1 Å². The Morgan fingerprint density at radius 2 is 2.17 bits per heavy atom. The van der Waals surface area contributed by atoms with E-state index in [0.29, 0.717) is 12.5 Å². The maximum Gasteiger partial charge on any atom is 0.261 e. The Bertz CT molecular complexity index is 413. The summed E-state index contributed by atoms with van der Waals surface area (Å²) in [6.45, 7) is 9.99. The van der Waals surface area contributed by atoms with Gasteiger partial charge in [0.2, 0.25) is 0 Å². The molecule has 0 aliphatic rings. The summed E-state index contributed by atoms with van der Waals surface area (Å²) in [5.74, 6) is 1.03. The second-order valence-electron chi connectivity index (χ2n) is 4.52. The first kappa shape index (κ1) is 14.3. The molecular formula is C15H21NO2. The molecule has 0 aliphatic heterocycles. The molecule has 0 saturated heterocycles. The first-order valence-corrected chi connectivity index (χ1v) is 6.19. The molecule has 0 bridgehead atoms. The lowest BCUT2D eigenvalue weighted by atomic mass is 10.0. The van der Waals surface area contributed by atoms with Gasteiger partial charge in [-0.2, -0.15) is 0 Å². The maximum absolute atomic E-state index is 11.6. The number of benzene rings is 1. The number of carbonyl (C=O) groups is 1. The van der Waals surface area contributed by atoms with Gasteiger partial charge in [-0.3, -0.25) is 4.79 Å². The van der Waals surface area contributed by atoms with Crippen LogP contribution >= 0.6 is 0 Å². The van der Waals surface area contributed by atoms with Crippen LogP contribution in [-0.4, -0.2) is 18.6 Å². The van der Waals surface area contributed by atoms with Crippen LogP contribution in [0.4, 0.5) is 0 Å². The molecule has 1 aromatic rings. The molecule has 3 nitrogen and oxygen atoms in total. The van der Waals surface area contributed by atoms with Gasteiger partial charge in [-0.15, -0.1) is 6.58 Å². The Hall–Kier alpha value is -1.77. The van der Waals surface area contributed by atoms with Crippen molar-refractivity contribution in [3.63, 3.8) is 0 Å². The summed E-state index contributed by atoms with van der Waals surface area (Å²) in [7, 11) is 0. The van der Waals surface area contributed by atoms with E-state index in [0.717, 1.165) is 5.75 Å². The number of amides is 1. The highest BCUT2D eigenvalue weighted by Crippen LogP contribution is 2.20. The first-order valence-electron chi connectivity index (χ1n) is 6.19. The molecule has 0 fully saturated rings. The molecule has 1 unspecified atom stereocenters. The van der Waals surface area contributed by atoms with Gasteiger partial charge in [0.15, 0.2) is 6.10 Å². The van der Waals surface area contributed by atoms with Gasteiger partial charge in [-0.1, -0.05) is 32.1 Å². The SMILES string of the molecule is C=CCNC(=O)C(C)Oc1cccc(C(C)C)c1. The lowest BCUT2D eigenvalue weighted by Gasteiger charge is -2.15. The molecule has 0 aliphatic carbocycles. The fourth-order valence-corrected chi connectivity index (χ4v) is 1.52. The van der Waals surface area contributed by atoms with Gasteiger partial charge >= 0.3 is 0 Å². The summed E-state index contributed by atoms with van der Waals surface area (Å²) >= 11 is 0. The first-order chi connectivity index (χ1) is 8.54. The van der Waals surface area contributed by atoms with E-state index < -0.39 is 6.10 Å².